The van der Waals surface area contributed by atoms with Gasteiger partial charge in [-0.1, -0.05) is 0 Å². The van der Waals surface area contributed by atoms with Crippen LogP contribution in [0.25, 0.3) is 0 Å². The number of aromatic nitrogens is 3. The highest BCUT2D eigenvalue weighted by Crippen LogP contribution is 2.43. The number of amides is 2. The first-order chi connectivity index (χ1) is 15.9. The van der Waals surface area contributed by atoms with Crippen molar-refractivity contribution in [3.8, 4) is 0 Å². The lowest BCUT2D eigenvalue weighted by Gasteiger charge is -2.36. The number of carbonyl (C=O) groups is 1. The molecule has 0 unspecified atom stereocenters. The molecular weight excluding hydrogens is 430 g/mol. The summed E-state index contributed by atoms with van der Waals surface area (Å²) in [5.41, 5.74) is 3.90. The highest BCUT2D eigenvalue weighted by atomic mass is 19.3. The van der Waals surface area contributed by atoms with E-state index in [9.17, 15) is 18.7 Å². The zero-order chi connectivity index (χ0) is 23.3. The predicted molar refractivity (Wildman–Crippen MR) is 119 cm³/mol. The van der Waals surface area contributed by atoms with E-state index in [-0.39, 0.29) is 24.2 Å². The third-order valence-corrected chi connectivity index (χ3v) is 7.27. The van der Waals surface area contributed by atoms with Gasteiger partial charge in [-0.25, -0.2) is 13.6 Å². The van der Waals surface area contributed by atoms with Crippen LogP contribution in [0.3, 0.4) is 0 Å². The number of aliphatic hydroxyl groups excluding tert-OH is 1. The predicted octanol–water partition coefficient (Wildman–Crippen LogP) is 3.25. The molecule has 1 fully saturated rings. The van der Waals surface area contributed by atoms with E-state index < -0.39 is 6.43 Å². The molecule has 1 aliphatic carbocycles. The van der Waals surface area contributed by atoms with Gasteiger partial charge in [0.25, 0.3) is 6.43 Å². The maximum Gasteiger partial charge on any atom is 0.317 e. The average molecular weight is 461 g/mol. The average Bonchev–Trinajstić information content (AvgIpc) is 3.15. The molecule has 2 aromatic heterocycles. The normalized spacial score (nSPS) is 22.1. The van der Waals surface area contributed by atoms with Gasteiger partial charge >= 0.3 is 6.03 Å². The molecule has 0 saturated heterocycles. The molecule has 2 aromatic rings. The summed E-state index contributed by atoms with van der Waals surface area (Å²) in [4.78, 5) is 20.7. The smallest absolute Gasteiger partial charge is 0.317 e. The first-order valence-electron chi connectivity index (χ1n) is 11.6. The Morgan fingerprint density at radius 2 is 2.09 bits per heavy atom. The molecule has 0 atom stereocenters. The Balaban J connectivity index is 1.58. The second kappa shape index (κ2) is 8.55. The molecule has 2 aliphatic heterocycles. The number of hydrogen-bond acceptors (Lipinski definition) is 5. The maximum atomic E-state index is 13.7. The van der Waals surface area contributed by atoms with Crippen LogP contribution < -0.4 is 10.2 Å². The monoisotopic (exact) mass is 460 g/mol. The van der Waals surface area contributed by atoms with Crippen molar-refractivity contribution in [1.82, 2.24) is 25.0 Å². The molecule has 178 valence electrons. The van der Waals surface area contributed by atoms with Gasteiger partial charge in [0.2, 0.25) is 0 Å². The molecule has 0 bridgehead atoms. The molecule has 0 radical (unpaired) electrons. The zero-order valence-corrected chi connectivity index (χ0v) is 19.0. The van der Waals surface area contributed by atoms with Gasteiger partial charge in [-0.15, -0.1) is 0 Å². The molecule has 33 heavy (non-hydrogen) atoms. The lowest BCUT2D eigenvalue weighted by molar-refractivity contribution is 0.103. The third-order valence-electron chi connectivity index (χ3n) is 7.27. The summed E-state index contributed by atoms with van der Waals surface area (Å²) >= 11 is 0. The van der Waals surface area contributed by atoms with E-state index in [1.165, 1.54) is 0 Å². The highest BCUT2D eigenvalue weighted by molar-refractivity contribution is 5.75. The van der Waals surface area contributed by atoms with E-state index in [0.29, 0.717) is 43.4 Å². The van der Waals surface area contributed by atoms with E-state index in [0.717, 1.165) is 48.5 Å². The Bertz CT molecular complexity index is 1070. The van der Waals surface area contributed by atoms with Crippen LogP contribution in [-0.4, -0.2) is 57.5 Å². The second-order valence-electron chi connectivity index (χ2n) is 9.28. The van der Waals surface area contributed by atoms with Gasteiger partial charge in [0.15, 0.2) is 5.82 Å². The maximum absolute atomic E-state index is 13.7. The van der Waals surface area contributed by atoms with Gasteiger partial charge < -0.3 is 20.2 Å². The van der Waals surface area contributed by atoms with E-state index in [1.54, 1.807) is 24.9 Å². The molecule has 10 heteroatoms. The Labute approximate surface area is 191 Å². The Morgan fingerprint density at radius 1 is 1.30 bits per heavy atom. The van der Waals surface area contributed by atoms with Gasteiger partial charge in [0.05, 0.1) is 24.0 Å². The Morgan fingerprint density at radius 3 is 2.79 bits per heavy atom. The highest BCUT2D eigenvalue weighted by Gasteiger charge is 2.37. The number of halogens is 2. The number of anilines is 2. The number of carbonyl (C=O) groups excluding carboxylic acids is 1. The molecule has 0 spiro atoms. The number of hydrogen-bond donors (Lipinski definition) is 2. The minimum atomic E-state index is -2.59. The standard InChI is InChI=1S/C23H30F2N6O2/c1-13-16(21(24)25)10-20-18(27-13)4-3-6-30(20)22-17-11-29(23(33)26-2)7-5-19(17)31(28-22)15-8-14(9-15)12-32/h10,14-15,21,32H,3-9,11-12H2,1-2H3,(H,26,33). The summed E-state index contributed by atoms with van der Waals surface area (Å²) in [5.74, 6) is 1.03. The van der Waals surface area contributed by atoms with Crippen molar-refractivity contribution >= 4 is 17.5 Å². The fourth-order valence-corrected chi connectivity index (χ4v) is 5.37. The van der Waals surface area contributed by atoms with Crippen LogP contribution in [0.2, 0.25) is 0 Å². The van der Waals surface area contributed by atoms with E-state index in [2.05, 4.69) is 15.0 Å². The molecule has 3 aliphatic rings. The summed E-state index contributed by atoms with van der Waals surface area (Å²) in [6, 6.07) is 1.64. The minimum absolute atomic E-state index is 0.0503. The van der Waals surface area contributed by atoms with Crippen molar-refractivity contribution in [3.63, 3.8) is 0 Å². The van der Waals surface area contributed by atoms with Gasteiger partial charge in [-0.3, -0.25) is 9.67 Å². The van der Waals surface area contributed by atoms with Crippen LogP contribution in [0.1, 0.15) is 59.9 Å². The first-order valence-corrected chi connectivity index (χ1v) is 11.6. The number of alkyl halides is 2. The molecular formula is C23H30F2N6O2. The van der Waals surface area contributed by atoms with Crippen LogP contribution in [0.4, 0.5) is 25.1 Å². The summed E-state index contributed by atoms with van der Waals surface area (Å²) in [5, 5.41) is 17.2. The molecule has 5 rings (SSSR count). The number of urea groups is 1. The van der Waals surface area contributed by atoms with Crippen molar-refractivity contribution in [2.45, 2.75) is 58.0 Å². The third kappa shape index (κ3) is 3.74. The van der Waals surface area contributed by atoms with Crippen molar-refractivity contribution in [2.75, 3.05) is 31.6 Å². The van der Waals surface area contributed by atoms with Gasteiger partial charge in [0.1, 0.15) is 0 Å². The van der Waals surface area contributed by atoms with Crippen LogP contribution in [0, 0.1) is 12.8 Å². The largest absolute Gasteiger partial charge is 0.396 e. The van der Waals surface area contributed by atoms with Crippen LogP contribution >= 0.6 is 0 Å². The minimum Gasteiger partial charge on any atom is -0.396 e. The number of aliphatic hydroxyl groups is 1. The molecule has 4 heterocycles. The number of fused-ring (bicyclic) bond motifs is 2. The molecule has 8 nitrogen and oxygen atoms in total. The van der Waals surface area contributed by atoms with Crippen molar-refractivity contribution in [3.05, 3.63) is 34.3 Å². The van der Waals surface area contributed by atoms with Gasteiger partial charge in [-0.05, 0) is 44.6 Å². The Kier molecular flexibility index (Phi) is 5.72. The number of aryl methyl sites for hydroxylation is 2. The summed E-state index contributed by atoms with van der Waals surface area (Å²) in [6.07, 6.45) is 1.43. The second-order valence-corrected chi connectivity index (χ2v) is 9.28. The summed E-state index contributed by atoms with van der Waals surface area (Å²) < 4.78 is 29.4. The number of nitrogens with zero attached hydrogens (tertiary/aromatic N) is 5. The summed E-state index contributed by atoms with van der Waals surface area (Å²) in [7, 11) is 1.62. The van der Waals surface area contributed by atoms with Crippen LogP contribution in [0.15, 0.2) is 6.07 Å². The van der Waals surface area contributed by atoms with Gasteiger partial charge in [-0.2, -0.15) is 5.10 Å². The van der Waals surface area contributed by atoms with Crippen molar-refractivity contribution < 1.29 is 18.7 Å². The van der Waals surface area contributed by atoms with Crippen LogP contribution in [-0.2, 0) is 19.4 Å². The molecule has 0 aromatic carbocycles. The lowest BCUT2D eigenvalue weighted by Crippen LogP contribution is -2.42. The van der Waals surface area contributed by atoms with E-state index in [4.69, 9.17) is 5.10 Å². The topological polar surface area (TPSA) is 86.5 Å². The Hall–Kier alpha value is -2.75. The van der Waals surface area contributed by atoms with Crippen molar-refractivity contribution in [2.24, 2.45) is 5.92 Å². The van der Waals surface area contributed by atoms with Crippen molar-refractivity contribution in [1.29, 1.82) is 0 Å². The van der Waals surface area contributed by atoms with E-state index >= 15 is 0 Å². The summed E-state index contributed by atoms with van der Waals surface area (Å²) in [6.45, 7) is 3.49. The SMILES string of the molecule is CNC(=O)N1CCc2c(c(N3CCCc4nc(C)c(C(F)F)cc43)nn2C2CC(CO)C2)C1. The molecule has 2 N–H and O–H groups in total. The number of pyridine rings is 1. The fraction of sp³-hybridized carbons (Fsp3) is 0.609. The number of rotatable bonds is 4. The quantitative estimate of drug-likeness (QED) is 0.732. The van der Waals surface area contributed by atoms with Crippen LogP contribution in [0.5, 0.6) is 0 Å². The van der Waals surface area contributed by atoms with Gasteiger partial charge in [0, 0.05) is 55.7 Å². The fourth-order valence-electron chi connectivity index (χ4n) is 5.37. The molecule has 2 amide bonds. The lowest BCUT2D eigenvalue weighted by atomic mass is 9.81. The number of nitrogens with one attached hydrogen (secondary N) is 1. The molecule has 1 saturated carbocycles. The zero-order valence-electron chi connectivity index (χ0n) is 19.0. The van der Waals surface area contributed by atoms with E-state index in [1.807, 2.05) is 4.90 Å². The first kappa shape index (κ1) is 22.1.